The van der Waals surface area contributed by atoms with Crippen LogP contribution in [0.5, 0.6) is 5.75 Å². The van der Waals surface area contributed by atoms with Crippen LogP contribution in [0.25, 0.3) is 0 Å². The number of carbonyl (C=O) groups excluding carboxylic acids is 2. The van der Waals surface area contributed by atoms with E-state index in [4.69, 9.17) is 9.47 Å². The first-order valence-corrected chi connectivity index (χ1v) is 11.7. The molecule has 4 rings (SSSR count). The second kappa shape index (κ2) is 10.2. The number of amides is 2. The summed E-state index contributed by atoms with van der Waals surface area (Å²) in [6, 6.07) is 5.91. The molecular formula is C24H35N3O5. The van der Waals surface area contributed by atoms with E-state index >= 15 is 0 Å². The van der Waals surface area contributed by atoms with E-state index in [1.54, 1.807) is 0 Å². The lowest BCUT2D eigenvalue weighted by Gasteiger charge is -2.37. The Morgan fingerprint density at radius 1 is 1.16 bits per heavy atom. The fourth-order valence-electron chi connectivity index (χ4n) is 5.19. The predicted octanol–water partition coefficient (Wildman–Crippen LogP) is 2.02. The van der Waals surface area contributed by atoms with Gasteiger partial charge in [-0.2, -0.15) is 0 Å². The molecule has 0 bridgehead atoms. The zero-order chi connectivity index (χ0) is 22.7. The number of nitrogens with one attached hydrogen (secondary N) is 2. The average molecular weight is 446 g/mol. The van der Waals surface area contributed by atoms with E-state index in [9.17, 15) is 14.7 Å². The molecule has 32 heavy (non-hydrogen) atoms. The molecule has 4 atom stereocenters. The van der Waals surface area contributed by atoms with Crippen LogP contribution in [0.1, 0.15) is 56.4 Å². The Balaban J connectivity index is 1.43. The Hall–Kier alpha value is -2.16. The number of anilines is 1. The summed E-state index contributed by atoms with van der Waals surface area (Å²) < 4.78 is 12.2. The van der Waals surface area contributed by atoms with E-state index in [1.807, 2.05) is 37.2 Å². The molecule has 1 saturated heterocycles. The molecule has 1 saturated carbocycles. The molecule has 0 spiro atoms. The van der Waals surface area contributed by atoms with Crippen molar-refractivity contribution in [2.24, 2.45) is 0 Å². The zero-order valence-corrected chi connectivity index (χ0v) is 19.0. The highest BCUT2D eigenvalue weighted by Gasteiger charge is 2.46. The number of likely N-dealkylation sites (N-methyl/N-ethyl adjacent to an activating group) is 1. The third kappa shape index (κ3) is 5.42. The topological polar surface area (TPSA) is 100 Å². The molecule has 1 aromatic carbocycles. The van der Waals surface area contributed by atoms with Crippen LogP contribution in [0, 0.1) is 0 Å². The molecule has 176 valence electrons. The first-order chi connectivity index (χ1) is 15.4. The number of hydrogen-bond donors (Lipinski definition) is 3. The molecule has 3 aliphatic rings. The summed E-state index contributed by atoms with van der Waals surface area (Å²) in [5, 5.41) is 16.0. The quantitative estimate of drug-likeness (QED) is 0.594. The number of rotatable bonds is 7. The highest BCUT2D eigenvalue weighted by Crippen LogP contribution is 2.47. The van der Waals surface area contributed by atoms with Gasteiger partial charge in [0.15, 0.2) is 0 Å². The monoisotopic (exact) mass is 445 g/mol. The van der Waals surface area contributed by atoms with Gasteiger partial charge in [-0.05, 0) is 51.6 Å². The predicted molar refractivity (Wildman–Crippen MR) is 121 cm³/mol. The van der Waals surface area contributed by atoms with Gasteiger partial charge in [0.2, 0.25) is 11.8 Å². The Morgan fingerprint density at radius 2 is 1.94 bits per heavy atom. The van der Waals surface area contributed by atoms with Crippen LogP contribution in [0.3, 0.4) is 0 Å². The minimum atomic E-state index is -0.486. The third-order valence-electron chi connectivity index (χ3n) is 6.63. The van der Waals surface area contributed by atoms with Crippen LogP contribution in [-0.4, -0.2) is 73.4 Å². The Kier molecular flexibility index (Phi) is 7.33. The van der Waals surface area contributed by atoms with Gasteiger partial charge in [-0.1, -0.05) is 19.3 Å². The fraction of sp³-hybridized carbons (Fsp3) is 0.667. The molecule has 0 aromatic heterocycles. The Labute approximate surface area is 189 Å². The standard InChI is InChI=1S/C24H35N3O5/c1-27(2)13-23(30)26-16-8-9-20-18(10-16)19-11-17(31-21(14-28)24(19)32-20)12-22(29)25-15-6-4-3-5-7-15/h8-10,15,17,19,21,24,28H,3-7,11-14H2,1-2H3,(H,25,29)(H,26,30)/t17-,19-,21-,24+/m0/s1. The lowest BCUT2D eigenvalue weighted by Crippen LogP contribution is -2.48. The van der Waals surface area contributed by atoms with Gasteiger partial charge in [0, 0.05) is 23.2 Å². The summed E-state index contributed by atoms with van der Waals surface area (Å²) in [4.78, 5) is 26.6. The van der Waals surface area contributed by atoms with Crippen LogP contribution >= 0.6 is 0 Å². The van der Waals surface area contributed by atoms with Crippen LogP contribution in [0.4, 0.5) is 5.69 Å². The van der Waals surface area contributed by atoms with Gasteiger partial charge in [-0.15, -0.1) is 0 Å². The van der Waals surface area contributed by atoms with Gasteiger partial charge in [-0.3, -0.25) is 9.59 Å². The third-order valence-corrected chi connectivity index (χ3v) is 6.63. The first-order valence-electron chi connectivity index (χ1n) is 11.7. The normalized spacial score (nSPS) is 27.4. The van der Waals surface area contributed by atoms with Crippen molar-refractivity contribution in [2.45, 2.75) is 75.2 Å². The van der Waals surface area contributed by atoms with Gasteiger partial charge < -0.3 is 30.1 Å². The summed E-state index contributed by atoms with van der Waals surface area (Å²) in [6.45, 7) is 0.139. The second-order valence-electron chi connectivity index (χ2n) is 9.55. The highest BCUT2D eigenvalue weighted by molar-refractivity contribution is 5.92. The van der Waals surface area contributed by atoms with Crippen molar-refractivity contribution >= 4 is 17.5 Å². The van der Waals surface area contributed by atoms with Crippen LogP contribution in [0.2, 0.25) is 0 Å². The lowest BCUT2D eigenvalue weighted by atomic mass is 9.84. The molecule has 2 heterocycles. The summed E-state index contributed by atoms with van der Waals surface area (Å²) >= 11 is 0. The first kappa shape index (κ1) is 23.0. The van der Waals surface area contributed by atoms with Crippen LogP contribution in [0.15, 0.2) is 18.2 Å². The summed E-state index contributed by atoms with van der Waals surface area (Å²) in [5.41, 5.74) is 1.72. The maximum Gasteiger partial charge on any atom is 0.238 e. The van der Waals surface area contributed by atoms with Gasteiger partial charge in [0.1, 0.15) is 18.0 Å². The van der Waals surface area contributed by atoms with Crippen molar-refractivity contribution < 1.29 is 24.2 Å². The number of fused-ring (bicyclic) bond motifs is 3. The van der Waals surface area contributed by atoms with E-state index in [0.717, 1.165) is 29.8 Å². The van der Waals surface area contributed by atoms with Crippen molar-refractivity contribution in [2.75, 3.05) is 32.6 Å². The van der Waals surface area contributed by atoms with Gasteiger partial charge >= 0.3 is 0 Å². The minimum absolute atomic E-state index is 0.00841. The van der Waals surface area contributed by atoms with Crippen LogP contribution in [-0.2, 0) is 14.3 Å². The molecular weight excluding hydrogens is 410 g/mol. The summed E-state index contributed by atoms with van der Waals surface area (Å²) in [6.07, 6.45) is 5.54. The largest absolute Gasteiger partial charge is 0.487 e. The number of carbonyl (C=O) groups is 2. The van der Waals surface area contributed by atoms with Gasteiger partial charge in [-0.25, -0.2) is 0 Å². The molecule has 0 radical (unpaired) electrons. The summed E-state index contributed by atoms with van der Waals surface area (Å²) in [5.74, 6) is 0.692. The molecule has 8 heteroatoms. The van der Waals surface area contributed by atoms with Crippen molar-refractivity contribution in [3.8, 4) is 5.75 Å². The molecule has 8 nitrogen and oxygen atoms in total. The molecule has 2 fully saturated rings. The van der Waals surface area contributed by atoms with Crippen molar-refractivity contribution in [1.82, 2.24) is 10.2 Å². The van der Waals surface area contributed by atoms with Crippen molar-refractivity contribution in [1.29, 1.82) is 0 Å². The average Bonchev–Trinajstić information content (AvgIpc) is 3.11. The number of hydrogen-bond acceptors (Lipinski definition) is 6. The molecule has 2 aliphatic heterocycles. The molecule has 1 aromatic rings. The number of benzene rings is 1. The molecule has 0 unspecified atom stereocenters. The van der Waals surface area contributed by atoms with E-state index in [0.29, 0.717) is 13.0 Å². The highest BCUT2D eigenvalue weighted by atomic mass is 16.6. The van der Waals surface area contributed by atoms with E-state index in [-0.39, 0.29) is 49.0 Å². The SMILES string of the molecule is CN(C)CC(=O)Nc1ccc2c(c1)[C@@H]1C[C@@H](CC(=O)NC3CCCCC3)O[C@@H](CO)[C@@H]1O2. The lowest BCUT2D eigenvalue weighted by molar-refractivity contribution is -0.142. The zero-order valence-electron chi connectivity index (χ0n) is 19.0. The van der Waals surface area contributed by atoms with Crippen LogP contribution < -0.4 is 15.4 Å². The number of nitrogens with zero attached hydrogens (tertiary/aromatic N) is 1. The smallest absolute Gasteiger partial charge is 0.238 e. The molecule has 1 aliphatic carbocycles. The minimum Gasteiger partial charge on any atom is -0.487 e. The van der Waals surface area contributed by atoms with Crippen molar-refractivity contribution in [3.63, 3.8) is 0 Å². The fourth-order valence-corrected chi connectivity index (χ4v) is 5.19. The Morgan fingerprint density at radius 3 is 2.66 bits per heavy atom. The van der Waals surface area contributed by atoms with E-state index < -0.39 is 6.10 Å². The summed E-state index contributed by atoms with van der Waals surface area (Å²) in [7, 11) is 3.70. The van der Waals surface area contributed by atoms with Crippen molar-refractivity contribution in [3.05, 3.63) is 23.8 Å². The maximum atomic E-state index is 12.6. The van der Waals surface area contributed by atoms with Gasteiger partial charge in [0.25, 0.3) is 0 Å². The Bertz CT molecular complexity index is 824. The van der Waals surface area contributed by atoms with Gasteiger partial charge in [0.05, 0.1) is 25.7 Å². The second-order valence-corrected chi connectivity index (χ2v) is 9.55. The van der Waals surface area contributed by atoms with E-state index in [2.05, 4.69) is 10.6 Å². The number of aliphatic hydroxyl groups is 1. The molecule has 3 N–H and O–H groups in total. The maximum absolute atomic E-state index is 12.6. The molecule has 2 amide bonds. The number of ether oxygens (including phenoxy) is 2. The van der Waals surface area contributed by atoms with E-state index in [1.165, 1.54) is 19.3 Å². The number of aliphatic hydroxyl groups excluding tert-OH is 1.